The fourth-order valence-corrected chi connectivity index (χ4v) is 3.51. The number of carbonyl (C=O) groups is 1. The Morgan fingerprint density at radius 1 is 1.07 bits per heavy atom. The molecule has 0 saturated carbocycles. The molecule has 2 aromatic carbocycles. The maximum Gasteiger partial charge on any atom is 0.255 e. The Hall–Kier alpha value is -2.64. The second kappa shape index (κ2) is 9.52. The molecule has 0 radical (unpaired) electrons. The predicted octanol–water partition coefficient (Wildman–Crippen LogP) is 2.05. The van der Waals surface area contributed by atoms with Crippen molar-refractivity contribution in [2.45, 2.75) is 6.54 Å². The van der Waals surface area contributed by atoms with Crippen LogP contribution in [0, 0.1) is 0 Å². The molecule has 0 atom stereocenters. The second-order valence-corrected chi connectivity index (χ2v) is 7.06. The molecule has 6 nitrogen and oxygen atoms in total. The van der Waals surface area contributed by atoms with Crippen molar-refractivity contribution in [3.63, 3.8) is 0 Å². The summed E-state index contributed by atoms with van der Waals surface area (Å²) in [5.41, 5.74) is 7.36. The Labute approximate surface area is 170 Å². The van der Waals surface area contributed by atoms with Crippen LogP contribution in [0.5, 0.6) is 11.5 Å². The molecule has 0 bridgehead atoms. The summed E-state index contributed by atoms with van der Waals surface area (Å²) in [4.78, 5) is 16.4. The van der Waals surface area contributed by atoms with E-state index in [1.807, 2.05) is 18.2 Å². The maximum atomic E-state index is 10.9. The zero-order valence-corrected chi connectivity index (χ0v) is 16.8. The summed E-state index contributed by atoms with van der Waals surface area (Å²) in [6.07, 6.45) is 0. The Kier molecular flexibility index (Phi) is 6.84. The topological polar surface area (TPSA) is 68.0 Å². The Morgan fingerprint density at radius 2 is 1.79 bits per heavy atom. The van der Waals surface area contributed by atoms with Crippen molar-refractivity contribution < 1.29 is 14.3 Å². The van der Waals surface area contributed by atoms with Gasteiger partial charge in [0.05, 0.1) is 7.11 Å². The van der Waals surface area contributed by atoms with E-state index in [9.17, 15) is 4.79 Å². The molecule has 0 spiro atoms. The highest BCUT2D eigenvalue weighted by molar-refractivity contribution is 7.80. The predicted molar refractivity (Wildman–Crippen MR) is 113 cm³/mol. The fourth-order valence-electron chi connectivity index (χ4n) is 3.20. The first-order valence-corrected chi connectivity index (χ1v) is 9.62. The summed E-state index contributed by atoms with van der Waals surface area (Å²) in [7, 11) is 1.56. The van der Waals surface area contributed by atoms with Crippen molar-refractivity contribution in [3.05, 3.63) is 59.7 Å². The van der Waals surface area contributed by atoms with Gasteiger partial charge in [0.1, 0.15) is 4.99 Å². The van der Waals surface area contributed by atoms with Crippen molar-refractivity contribution in [3.8, 4) is 11.5 Å². The van der Waals surface area contributed by atoms with Crippen molar-refractivity contribution in [1.82, 2.24) is 9.80 Å². The molecule has 2 N–H and O–H groups in total. The first kappa shape index (κ1) is 20.1. The number of piperazine rings is 1. The molecular formula is C21H25N3O3S. The van der Waals surface area contributed by atoms with E-state index < -0.39 is 5.91 Å². The normalized spacial score (nSPS) is 14.5. The van der Waals surface area contributed by atoms with Gasteiger partial charge in [-0.3, -0.25) is 9.69 Å². The smallest absolute Gasteiger partial charge is 0.255 e. The number of primary amides is 1. The number of rotatable bonds is 7. The SMILES string of the molecule is COc1cc(C(=S)N2CCN(Cc3ccccc3)CC2)ccc1OCC(N)=O. The lowest BCUT2D eigenvalue weighted by atomic mass is 10.1. The standard InChI is InChI=1S/C21H25N3O3S/c1-26-19-13-17(7-8-18(19)27-15-20(22)25)21(28)24-11-9-23(10-12-24)14-16-5-3-2-4-6-16/h2-8,13H,9-12,14-15H2,1H3,(H2,22,25). The van der Waals surface area contributed by atoms with Gasteiger partial charge in [-0.15, -0.1) is 0 Å². The average Bonchev–Trinajstić information content (AvgIpc) is 2.73. The van der Waals surface area contributed by atoms with E-state index in [0.717, 1.165) is 43.3 Å². The third-order valence-electron chi connectivity index (χ3n) is 4.69. The summed E-state index contributed by atoms with van der Waals surface area (Å²) >= 11 is 5.70. The third-order valence-corrected chi connectivity index (χ3v) is 5.18. The largest absolute Gasteiger partial charge is 0.493 e. The second-order valence-electron chi connectivity index (χ2n) is 6.67. The molecule has 1 fully saturated rings. The lowest BCUT2D eigenvalue weighted by Gasteiger charge is -2.36. The van der Waals surface area contributed by atoms with E-state index >= 15 is 0 Å². The number of hydrogen-bond acceptors (Lipinski definition) is 5. The number of nitrogens with zero attached hydrogens (tertiary/aromatic N) is 2. The molecule has 0 aliphatic carbocycles. The number of amides is 1. The molecule has 0 unspecified atom stereocenters. The maximum absolute atomic E-state index is 10.9. The Morgan fingerprint density at radius 3 is 2.43 bits per heavy atom. The minimum Gasteiger partial charge on any atom is -0.493 e. The Bertz CT molecular complexity index is 821. The number of hydrogen-bond donors (Lipinski definition) is 1. The van der Waals surface area contributed by atoms with Crippen LogP contribution < -0.4 is 15.2 Å². The molecular weight excluding hydrogens is 374 g/mol. The lowest BCUT2D eigenvalue weighted by Crippen LogP contribution is -2.48. The van der Waals surface area contributed by atoms with Crippen LogP contribution in [0.15, 0.2) is 48.5 Å². The number of nitrogens with two attached hydrogens (primary N) is 1. The summed E-state index contributed by atoms with van der Waals surface area (Å²) in [5.74, 6) is 0.472. The molecule has 1 aliphatic rings. The molecule has 1 amide bonds. The minimum absolute atomic E-state index is 0.191. The van der Waals surface area contributed by atoms with Gasteiger partial charge >= 0.3 is 0 Å². The highest BCUT2D eigenvalue weighted by Gasteiger charge is 2.20. The van der Waals surface area contributed by atoms with Gasteiger partial charge in [-0.1, -0.05) is 42.5 Å². The number of thiocarbonyl (C=S) groups is 1. The van der Waals surface area contributed by atoms with E-state index in [-0.39, 0.29) is 6.61 Å². The monoisotopic (exact) mass is 399 g/mol. The van der Waals surface area contributed by atoms with Crippen LogP contribution in [0.2, 0.25) is 0 Å². The number of carbonyl (C=O) groups excluding carboxylic acids is 1. The third kappa shape index (κ3) is 5.21. The van der Waals surface area contributed by atoms with Crippen LogP contribution >= 0.6 is 12.2 Å². The number of methoxy groups -OCH3 is 1. The van der Waals surface area contributed by atoms with Gasteiger partial charge in [0.25, 0.3) is 5.91 Å². The van der Waals surface area contributed by atoms with Crippen LogP contribution in [-0.4, -0.2) is 60.6 Å². The summed E-state index contributed by atoms with van der Waals surface area (Å²) in [6.45, 7) is 4.46. The van der Waals surface area contributed by atoms with Crippen molar-refractivity contribution in [1.29, 1.82) is 0 Å². The zero-order valence-electron chi connectivity index (χ0n) is 16.0. The van der Waals surface area contributed by atoms with Gasteiger partial charge in [0.2, 0.25) is 0 Å². The van der Waals surface area contributed by atoms with E-state index in [2.05, 4.69) is 34.1 Å². The van der Waals surface area contributed by atoms with Gasteiger partial charge < -0.3 is 20.1 Å². The van der Waals surface area contributed by atoms with Crippen LogP contribution in [0.25, 0.3) is 0 Å². The number of benzene rings is 2. The van der Waals surface area contributed by atoms with Gasteiger partial charge in [-0.2, -0.15) is 0 Å². The first-order chi connectivity index (χ1) is 13.6. The minimum atomic E-state index is -0.532. The van der Waals surface area contributed by atoms with Crippen molar-refractivity contribution in [2.75, 3.05) is 39.9 Å². The molecule has 0 aromatic heterocycles. The van der Waals surface area contributed by atoms with Crippen LogP contribution in [0.1, 0.15) is 11.1 Å². The van der Waals surface area contributed by atoms with Crippen LogP contribution in [0.3, 0.4) is 0 Å². The van der Waals surface area contributed by atoms with Gasteiger partial charge in [-0.05, 0) is 23.8 Å². The lowest BCUT2D eigenvalue weighted by molar-refractivity contribution is -0.119. The zero-order chi connectivity index (χ0) is 19.9. The highest BCUT2D eigenvalue weighted by Crippen LogP contribution is 2.29. The molecule has 28 heavy (non-hydrogen) atoms. The first-order valence-electron chi connectivity index (χ1n) is 9.21. The fraction of sp³-hybridized carbons (Fsp3) is 0.333. The molecule has 1 aliphatic heterocycles. The molecule has 7 heteroatoms. The molecule has 148 valence electrons. The summed E-state index contributed by atoms with van der Waals surface area (Å²) in [5, 5.41) is 0. The van der Waals surface area contributed by atoms with Crippen molar-refractivity contribution >= 4 is 23.1 Å². The van der Waals surface area contributed by atoms with E-state index in [0.29, 0.717) is 11.5 Å². The molecule has 3 rings (SSSR count). The molecule has 1 saturated heterocycles. The molecule has 2 aromatic rings. The summed E-state index contributed by atoms with van der Waals surface area (Å²) in [6, 6.07) is 16.0. The van der Waals surface area contributed by atoms with Gasteiger partial charge in [0, 0.05) is 38.3 Å². The van der Waals surface area contributed by atoms with E-state index in [1.165, 1.54) is 5.56 Å². The van der Waals surface area contributed by atoms with Crippen LogP contribution in [0.4, 0.5) is 0 Å². The van der Waals surface area contributed by atoms with E-state index in [4.69, 9.17) is 27.4 Å². The molecule has 1 heterocycles. The highest BCUT2D eigenvalue weighted by atomic mass is 32.1. The number of ether oxygens (including phenoxy) is 2. The Balaban J connectivity index is 1.59. The summed E-state index contributed by atoms with van der Waals surface area (Å²) < 4.78 is 10.8. The van der Waals surface area contributed by atoms with Crippen LogP contribution in [-0.2, 0) is 11.3 Å². The quantitative estimate of drug-likeness (QED) is 0.719. The van der Waals surface area contributed by atoms with Gasteiger partial charge in [0.15, 0.2) is 18.1 Å². The van der Waals surface area contributed by atoms with Crippen molar-refractivity contribution in [2.24, 2.45) is 5.73 Å². The average molecular weight is 400 g/mol. The van der Waals surface area contributed by atoms with Gasteiger partial charge in [-0.25, -0.2) is 0 Å². The van der Waals surface area contributed by atoms with E-state index in [1.54, 1.807) is 13.2 Å².